The van der Waals surface area contributed by atoms with Gasteiger partial charge in [0.15, 0.2) is 0 Å². The third-order valence-electron chi connectivity index (χ3n) is 8.32. The highest BCUT2D eigenvalue weighted by molar-refractivity contribution is 6.83. The van der Waals surface area contributed by atoms with E-state index >= 15 is 0 Å². The highest BCUT2D eigenvalue weighted by Crippen LogP contribution is 2.50. The first kappa shape index (κ1) is 30.5. The average molecular weight is 555 g/mol. The van der Waals surface area contributed by atoms with Gasteiger partial charge in [-0.1, -0.05) is 88.0 Å². The lowest BCUT2D eigenvalue weighted by molar-refractivity contribution is -0.0575. The molecule has 1 aromatic heterocycles. The average Bonchev–Trinajstić information content (AvgIpc) is 3.12. The van der Waals surface area contributed by atoms with Gasteiger partial charge in [0.2, 0.25) is 0 Å². The van der Waals surface area contributed by atoms with Crippen LogP contribution in [0.3, 0.4) is 0 Å². The zero-order valence-electron chi connectivity index (χ0n) is 24.4. The van der Waals surface area contributed by atoms with Crippen LogP contribution in [-0.2, 0) is 17.7 Å². The summed E-state index contributed by atoms with van der Waals surface area (Å²) in [5.74, 6) is -0.0469. The first-order chi connectivity index (χ1) is 17.4. The van der Waals surface area contributed by atoms with E-state index in [0.717, 1.165) is 25.7 Å². The summed E-state index contributed by atoms with van der Waals surface area (Å²) in [6.07, 6.45) is 5.83. The molecular formula is C27H50N2O6Si2. The molecule has 0 bridgehead atoms. The molecule has 0 aromatic carbocycles. The lowest BCUT2D eigenvalue weighted by Crippen LogP contribution is -2.65. The molecular weight excluding hydrogens is 504 g/mol. The van der Waals surface area contributed by atoms with E-state index in [1.807, 2.05) is 0 Å². The Kier molecular flexibility index (Phi) is 10.2. The molecule has 2 fully saturated rings. The number of nitrogens with one attached hydrogen (secondary N) is 1. The van der Waals surface area contributed by atoms with Crippen molar-refractivity contribution in [3.63, 3.8) is 0 Å². The normalized spacial score (nSPS) is 27.6. The van der Waals surface area contributed by atoms with E-state index in [1.165, 1.54) is 17.1 Å². The molecule has 1 N–H and O–H groups in total. The van der Waals surface area contributed by atoms with Crippen LogP contribution in [0.4, 0.5) is 0 Å². The second kappa shape index (κ2) is 12.4. The largest absolute Gasteiger partial charge is 0.414 e. The van der Waals surface area contributed by atoms with E-state index in [1.54, 1.807) is 6.20 Å². The third kappa shape index (κ3) is 6.09. The van der Waals surface area contributed by atoms with Gasteiger partial charge in [0, 0.05) is 18.2 Å². The van der Waals surface area contributed by atoms with Crippen LogP contribution >= 0.6 is 0 Å². The Morgan fingerprint density at radius 2 is 1.57 bits per heavy atom. The summed E-state index contributed by atoms with van der Waals surface area (Å²) < 4.78 is 29.8. The monoisotopic (exact) mass is 554 g/mol. The molecule has 2 aliphatic rings. The highest BCUT2D eigenvalue weighted by atomic mass is 28.5. The minimum absolute atomic E-state index is 0.0469. The van der Waals surface area contributed by atoms with Crippen molar-refractivity contribution in [2.75, 3.05) is 6.61 Å². The Bertz CT molecular complexity index is 976. The topological polar surface area (TPSA) is 91.8 Å². The quantitative estimate of drug-likeness (QED) is 0.283. The van der Waals surface area contributed by atoms with Gasteiger partial charge < -0.3 is 17.7 Å². The summed E-state index contributed by atoms with van der Waals surface area (Å²) >= 11 is 0. The summed E-state index contributed by atoms with van der Waals surface area (Å²) in [5.41, 5.74) is 0.0756. The number of ether oxygens (including phenoxy) is 1. The van der Waals surface area contributed by atoms with Crippen molar-refractivity contribution in [1.82, 2.24) is 9.55 Å². The van der Waals surface area contributed by atoms with Gasteiger partial charge in [-0.25, -0.2) is 4.79 Å². The van der Waals surface area contributed by atoms with Gasteiger partial charge in [0.1, 0.15) is 12.3 Å². The molecule has 0 saturated carbocycles. The number of hydrogen-bond acceptors (Lipinski definition) is 6. The smallest absolute Gasteiger partial charge is 0.335 e. The van der Waals surface area contributed by atoms with Crippen LogP contribution in [0.1, 0.15) is 101 Å². The maximum atomic E-state index is 12.9. The van der Waals surface area contributed by atoms with Crippen molar-refractivity contribution >= 4 is 17.1 Å². The molecule has 37 heavy (non-hydrogen) atoms. The zero-order valence-corrected chi connectivity index (χ0v) is 26.4. The summed E-state index contributed by atoms with van der Waals surface area (Å²) in [7, 11) is -5.48. The number of nitrogens with zero attached hydrogens (tertiary/aromatic N) is 1. The van der Waals surface area contributed by atoms with Gasteiger partial charge in [-0.3, -0.25) is 14.3 Å². The van der Waals surface area contributed by atoms with Crippen LogP contribution < -0.4 is 11.2 Å². The van der Waals surface area contributed by atoms with Crippen LogP contribution in [0.25, 0.3) is 0 Å². The first-order valence-corrected chi connectivity index (χ1v) is 18.3. The molecule has 2 aliphatic heterocycles. The fourth-order valence-corrected chi connectivity index (χ4v) is 17.5. The van der Waals surface area contributed by atoms with Gasteiger partial charge in [0.25, 0.3) is 5.56 Å². The molecule has 3 rings (SSSR count). The zero-order chi connectivity index (χ0) is 27.5. The standard InChI is InChI=1S/C27H50N2O6Si2/c1-10-11-12-13-14-22-25-23(33-26(22)29-16-15-24(30)28-27(29)31)17-32-36(18(2)3,19(4)5)35-37(34-25,20(6)7)21(8)9/h15-16,18-23,25-26H,10-14,17H2,1-9H3,(H,28,30,31)/t22-,23-,25+,26-/m1/s1. The van der Waals surface area contributed by atoms with Crippen LogP contribution in [0.5, 0.6) is 0 Å². The van der Waals surface area contributed by atoms with Crippen LogP contribution in [0, 0.1) is 5.92 Å². The Hall–Kier alpha value is -1.05. The molecule has 4 atom stereocenters. The van der Waals surface area contributed by atoms with Crippen LogP contribution in [0.15, 0.2) is 21.9 Å². The van der Waals surface area contributed by atoms with Crippen molar-refractivity contribution < 1.29 is 17.7 Å². The number of hydrogen-bond donors (Lipinski definition) is 1. The Morgan fingerprint density at radius 1 is 0.946 bits per heavy atom. The number of aromatic nitrogens is 2. The van der Waals surface area contributed by atoms with Crippen molar-refractivity contribution in [1.29, 1.82) is 0 Å². The Labute approximate surface area is 224 Å². The predicted octanol–water partition coefficient (Wildman–Crippen LogP) is 5.98. The Balaban J connectivity index is 2.10. The minimum atomic E-state index is -2.80. The van der Waals surface area contributed by atoms with E-state index in [4.69, 9.17) is 17.7 Å². The molecule has 1 aromatic rings. The fourth-order valence-electron chi connectivity index (χ4n) is 6.24. The third-order valence-corrected chi connectivity index (χ3v) is 18.6. The number of aromatic amines is 1. The van der Waals surface area contributed by atoms with Crippen molar-refractivity contribution in [3.8, 4) is 0 Å². The van der Waals surface area contributed by atoms with Crippen LogP contribution in [-0.4, -0.2) is 45.5 Å². The van der Waals surface area contributed by atoms with Gasteiger partial charge in [-0.2, -0.15) is 0 Å². The second-order valence-electron chi connectivity index (χ2n) is 12.2. The second-order valence-corrected chi connectivity index (χ2v) is 21.0. The molecule has 10 heteroatoms. The number of fused-ring (bicyclic) bond motifs is 1. The molecule has 8 nitrogen and oxygen atoms in total. The molecule has 3 heterocycles. The molecule has 212 valence electrons. The summed E-state index contributed by atoms with van der Waals surface area (Å²) in [5, 5.41) is 0. The van der Waals surface area contributed by atoms with E-state index in [-0.39, 0.29) is 40.3 Å². The van der Waals surface area contributed by atoms with E-state index in [2.05, 4.69) is 67.3 Å². The maximum absolute atomic E-state index is 12.9. The molecule has 0 unspecified atom stereocenters. The molecule has 2 saturated heterocycles. The predicted molar refractivity (Wildman–Crippen MR) is 151 cm³/mol. The summed E-state index contributed by atoms with van der Waals surface area (Å²) in [6.45, 7) is 20.3. The van der Waals surface area contributed by atoms with Gasteiger partial charge in [0.05, 0.1) is 12.7 Å². The number of rotatable bonds is 10. The lowest BCUT2D eigenvalue weighted by Gasteiger charge is -2.51. The number of unbranched alkanes of at least 4 members (excludes halogenated alkanes) is 3. The van der Waals surface area contributed by atoms with Gasteiger partial charge in [-0.15, -0.1) is 0 Å². The first-order valence-electron chi connectivity index (χ1n) is 14.4. The van der Waals surface area contributed by atoms with Gasteiger partial charge >= 0.3 is 22.8 Å². The minimum Gasteiger partial charge on any atom is -0.414 e. The number of H-pyrrole nitrogens is 1. The molecule has 0 spiro atoms. The molecule has 0 aliphatic carbocycles. The fraction of sp³-hybridized carbons (Fsp3) is 0.852. The van der Waals surface area contributed by atoms with Crippen LogP contribution in [0.2, 0.25) is 22.2 Å². The van der Waals surface area contributed by atoms with E-state index < -0.39 is 34.6 Å². The Morgan fingerprint density at radius 3 is 2.11 bits per heavy atom. The van der Waals surface area contributed by atoms with E-state index in [0.29, 0.717) is 6.61 Å². The summed E-state index contributed by atoms with van der Waals surface area (Å²) in [4.78, 5) is 27.1. The molecule has 0 radical (unpaired) electrons. The maximum Gasteiger partial charge on any atom is 0.335 e. The highest BCUT2D eigenvalue weighted by Gasteiger charge is 2.61. The van der Waals surface area contributed by atoms with Crippen molar-refractivity contribution in [2.45, 2.75) is 135 Å². The van der Waals surface area contributed by atoms with E-state index in [9.17, 15) is 9.59 Å². The SMILES string of the molecule is CCCCCC[C@@H]1[C@@H]2O[Si](C(C)C)(C(C)C)O[Si](C(C)C)(C(C)C)OC[C@H]2O[C@H]1n1ccc(=O)[nH]c1=O. The van der Waals surface area contributed by atoms with Gasteiger partial charge in [-0.05, 0) is 28.6 Å². The van der Waals surface area contributed by atoms with Crippen molar-refractivity contribution in [3.05, 3.63) is 33.1 Å². The molecule has 0 amide bonds. The van der Waals surface area contributed by atoms with Crippen molar-refractivity contribution in [2.24, 2.45) is 5.92 Å². The summed E-state index contributed by atoms with van der Waals surface area (Å²) in [6, 6.07) is 1.39. The lowest BCUT2D eigenvalue weighted by atomic mass is 9.93.